The van der Waals surface area contributed by atoms with Crippen LogP contribution in [0, 0.1) is 17.1 Å². The molecule has 0 bridgehead atoms. The minimum Gasteiger partial charge on any atom is -0.494 e. The van der Waals surface area contributed by atoms with Crippen molar-refractivity contribution in [3.05, 3.63) is 78.1 Å². The molecule has 1 aromatic heterocycles. The lowest BCUT2D eigenvalue weighted by Gasteiger charge is -2.15. The molecule has 2 heterocycles. The third-order valence-electron chi connectivity index (χ3n) is 6.33. The summed E-state index contributed by atoms with van der Waals surface area (Å²) in [7, 11) is 1.43. The maximum absolute atomic E-state index is 14.6. The second-order valence-corrected chi connectivity index (χ2v) is 8.51. The predicted molar refractivity (Wildman–Crippen MR) is 132 cm³/mol. The van der Waals surface area contributed by atoms with Crippen molar-refractivity contribution in [1.29, 1.82) is 5.26 Å². The molecule has 176 valence electrons. The van der Waals surface area contributed by atoms with Crippen LogP contribution in [-0.2, 0) is 0 Å². The van der Waals surface area contributed by atoms with Crippen molar-refractivity contribution in [2.24, 2.45) is 0 Å². The number of rotatable bonds is 5. The molecule has 1 fully saturated rings. The van der Waals surface area contributed by atoms with E-state index in [4.69, 9.17) is 4.74 Å². The number of methoxy groups -OCH3 is 1. The minimum atomic E-state index is -0.902. The lowest BCUT2D eigenvalue weighted by Crippen LogP contribution is -2.30. The summed E-state index contributed by atoms with van der Waals surface area (Å²) in [5.74, 6) is -0.276. The molecule has 0 aliphatic carbocycles. The Morgan fingerprint density at radius 2 is 1.94 bits per heavy atom. The molecule has 0 unspecified atom stereocenters. The van der Waals surface area contributed by atoms with Gasteiger partial charge in [-0.05, 0) is 73.2 Å². The van der Waals surface area contributed by atoms with Crippen LogP contribution in [0.3, 0.4) is 0 Å². The number of carboxylic acid groups (broad SMARTS) is 1. The van der Waals surface area contributed by atoms with Crippen LogP contribution in [0.2, 0.25) is 0 Å². The molecule has 1 saturated heterocycles. The Kier molecular flexibility index (Phi) is 5.75. The van der Waals surface area contributed by atoms with E-state index < -0.39 is 11.9 Å². The van der Waals surface area contributed by atoms with E-state index in [0.29, 0.717) is 24.2 Å². The highest BCUT2D eigenvalue weighted by Crippen LogP contribution is 2.35. The van der Waals surface area contributed by atoms with Gasteiger partial charge in [0, 0.05) is 41.5 Å². The average molecular weight is 471 g/mol. The highest BCUT2D eigenvalue weighted by atomic mass is 19.1. The average Bonchev–Trinajstić information content (AvgIpc) is 3.49. The summed E-state index contributed by atoms with van der Waals surface area (Å²) >= 11 is 0. The fraction of sp³-hybridized carbons (Fsp3) is 0.185. The highest BCUT2D eigenvalue weighted by molar-refractivity contribution is 5.91. The fourth-order valence-electron chi connectivity index (χ4n) is 4.59. The zero-order valence-corrected chi connectivity index (χ0v) is 19.0. The molecular weight excluding hydrogens is 447 g/mol. The number of benzene rings is 3. The van der Waals surface area contributed by atoms with Gasteiger partial charge >= 0.3 is 6.09 Å². The molecule has 7 nitrogen and oxygen atoms in total. The number of aromatic nitrogens is 1. The Bertz CT molecular complexity index is 1460. The standard InChI is InChI=1S/C27H23FN4O3/c1-35-26-9-4-18(13-23(26)28)25-14-19-12-20(30-21-10-11-31(16-21)27(33)34)5-8-24(19)32(25)22-6-2-17(15-29)3-7-22/h2-9,12-14,21,30H,10-11,16H2,1H3,(H,33,34)/t21-/m0/s1. The van der Waals surface area contributed by atoms with Crippen molar-refractivity contribution in [3.63, 3.8) is 0 Å². The van der Waals surface area contributed by atoms with Gasteiger partial charge in [0.15, 0.2) is 11.6 Å². The number of nitriles is 1. The van der Waals surface area contributed by atoms with Crippen LogP contribution in [0.25, 0.3) is 27.8 Å². The van der Waals surface area contributed by atoms with Crippen LogP contribution in [0.15, 0.2) is 66.7 Å². The fourth-order valence-corrected chi connectivity index (χ4v) is 4.59. The quantitative estimate of drug-likeness (QED) is 0.403. The number of hydrogen-bond acceptors (Lipinski definition) is 4. The molecule has 1 atom stereocenters. The number of nitrogens with one attached hydrogen (secondary N) is 1. The van der Waals surface area contributed by atoms with Gasteiger partial charge in [0.05, 0.1) is 30.0 Å². The number of amides is 1. The molecule has 8 heteroatoms. The van der Waals surface area contributed by atoms with Gasteiger partial charge < -0.3 is 24.6 Å². The Morgan fingerprint density at radius 1 is 1.14 bits per heavy atom. The number of anilines is 1. The molecule has 2 N–H and O–H groups in total. The topological polar surface area (TPSA) is 90.5 Å². The zero-order chi connectivity index (χ0) is 24.5. The zero-order valence-electron chi connectivity index (χ0n) is 19.0. The third-order valence-corrected chi connectivity index (χ3v) is 6.33. The second kappa shape index (κ2) is 9.03. The second-order valence-electron chi connectivity index (χ2n) is 8.51. The summed E-state index contributed by atoms with van der Waals surface area (Å²) in [6.07, 6.45) is -0.159. The maximum Gasteiger partial charge on any atom is 0.407 e. The largest absolute Gasteiger partial charge is 0.494 e. The first-order chi connectivity index (χ1) is 17.0. The van der Waals surface area contributed by atoms with Crippen molar-refractivity contribution < 1.29 is 19.0 Å². The summed E-state index contributed by atoms with van der Waals surface area (Å²) in [6.45, 7) is 0.952. The van der Waals surface area contributed by atoms with Crippen LogP contribution in [-0.4, -0.2) is 46.9 Å². The Labute approximate surface area is 201 Å². The van der Waals surface area contributed by atoms with Crippen molar-refractivity contribution in [3.8, 4) is 28.8 Å². The molecule has 1 aliphatic rings. The molecule has 0 spiro atoms. The van der Waals surface area contributed by atoms with Gasteiger partial charge in [-0.25, -0.2) is 9.18 Å². The minimum absolute atomic E-state index is 0.0410. The summed E-state index contributed by atoms with van der Waals surface area (Å²) < 4.78 is 21.7. The molecule has 1 aliphatic heterocycles. The maximum atomic E-state index is 14.6. The summed E-state index contributed by atoms with van der Waals surface area (Å²) in [5, 5.41) is 22.8. The first-order valence-corrected chi connectivity index (χ1v) is 11.2. The summed E-state index contributed by atoms with van der Waals surface area (Å²) in [4.78, 5) is 12.6. The van der Waals surface area contributed by atoms with Gasteiger partial charge in [-0.2, -0.15) is 5.26 Å². The molecule has 0 saturated carbocycles. The van der Waals surface area contributed by atoms with Gasteiger partial charge in [0.25, 0.3) is 0 Å². The molecular formula is C27H23FN4O3. The number of likely N-dealkylation sites (tertiary alicyclic amines) is 1. The first-order valence-electron chi connectivity index (χ1n) is 11.2. The van der Waals surface area contributed by atoms with E-state index in [1.165, 1.54) is 18.1 Å². The van der Waals surface area contributed by atoms with E-state index in [1.54, 1.807) is 18.2 Å². The smallest absolute Gasteiger partial charge is 0.407 e. The van der Waals surface area contributed by atoms with Crippen LogP contribution >= 0.6 is 0 Å². The Hall–Kier alpha value is -4.51. The Balaban J connectivity index is 1.58. The number of halogens is 1. The lowest BCUT2D eigenvalue weighted by molar-refractivity contribution is 0.155. The summed E-state index contributed by atoms with van der Waals surface area (Å²) in [5.41, 5.74) is 4.69. The number of ether oxygens (including phenoxy) is 1. The molecule has 4 aromatic rings. The van der Waals surface area contributed by atoms with Gasteiger partial charge in [-0.15, -0.1) is 0 Å². The van der Waals surface area contributed by atoms with Crippen LogP contribution < -0.4 is 10.1 Å². The SMILES string of the molecule is COc1ccc(-c2cc3cc(N[C@H]4CCN(C(=O)O)C4)ccc3n2-c2ccc(C#N)cc2)cc1F. The predicted octanol–water partition coefficient (Wildman–Crippen LogP) is 5.48. The van der Waals surface area contributed by atoms with Crippen molar-refractivity contribution >= 4 is 22.7 Å². The van der Waals surface area contributed by atoms with Gasteiger partial charge in [-0.1, -0.05) is 0 Å². The van der Waals surface area contributed by atoms with Crippen LogP contribution in [0.5, 0.6) is 5.75 Å². The summed E-state index contributed by atoms with van der Waals surface area (Å²) in [6, 6.07) is 22.3. The van der Waals surface area contributed by atoms with Crippen molar-refractivity contribution in [2.45, 2.75) is 12.5 Å². The lowest BCUT2D eigenvalue weighted by atomic mass is 10.1. The van der Waals surface area contributed by atoms with E-state index in [0.717, 1.165) is 34.4 Å². The first kappa shape index (κ1) is 22.3. The van der Waals surface area contributed by atoms with Crippen molar-refractivity contribution in [1.82, 2.24) is 9.47 Å². The van der Waals surface area contributed by atoms with E-state index in [9.17, 15) is 19.6 Å². The van der Waals surface area contributed by atoms with Gasteiger partial charge in [0.2, 0.25) is 0 Å². The normalized spacial score (nSPS) is 15.2. The van der Waals surface area contributed by atoms with E-state index >= 15 is 0 Å². The molecule has 5 rings (SSSR count). The van der Waals surface area contributed by atoms with Gasteiger partial charge in [-0.3, -0.25) is 0 Å². The van der Waals surface area contributed by atoms with Gasteiger partial charge in [0.1, 0.15) is 0 Å². The third kappa shape index (κ3) is 4.24. The van der Waals surface area contributed by atoms with Crippen LogP contribution in [0.1, 0.15) is 12.0 Å². The van der Waals surface area contributed by atoms with E-state index in [-0.39, 0.29) is 11.8 Å². The Morgan fingerprint density at radius 3 is 2.60 bits per heavy atom. The number of hydrogen-bond donors (Lipinski definition) is 2. The number of fused-ring (bicyclic) bond motifs is 1. The van der Waals surface area contributed by atoms with E-state index in [1.807, 2.05) is 47.0 Å². The molecule has 1 amide bonds. The number of nitrogens with zero attached hydrogens (tertiary/aromatic N) is 3. The van der Waals surface area contributed by atoms with E-state index in [2.05, 4.69) is 11.4 Å². The molecule has 3 aromatic carbocycles. The molecule has 0 radical (unpaired) electrons. The highest BCUT2D eigenvalue weighted by Gasteiger charge is 2.26. The molecule has 35 heavy (non-hydrogen) atoms. The monoisotopic (exact) mass is 470 g/mol. The number of carbonyl (C=O) groups is 1. The van der Waals surface area contributed by atoms with Crippen LogP contribution in [0.4, 0.5) is 14.9 Å². The van der Waals surface area contributed by atoms with Crippen molar-refractivity contribution in [2.75, 3.05) is 25.5 Å².